The van der Waals surface area contributed by atoms with E-state index in [1.807, 2.05) is 29.8 Å². The molecular weight excluding hydrogens is 469 g/mol. The topological polar surface area (TPSA) is 82.9 Å². The minimum Gasteiger partial charge on any atom is -0.367 e. The first-order valence-electron chi connectivity index (χ1n) is 13.1. The highest BCUT2D eigenvalue weighted by atomic mass is 19.1. The molecule has 8 nitrogen and oxygen atoms in total. The molecular formula is C28H32FN7O. The number of aryl methyl sites for hydroxylation is 2. The summed E-state index contributed by atoms with van der Waals surface area (Å²) < 4.78 is 16.4. The van der Waals surface area contributed by atoms with Gasteiger partial charge in [-0.2, -0.15) is 0 Å². The van der Waals surface area contributed by atoms with E-state index < -0.39 is 6.04 Å². The van der Waals surface area contributed by atoms with Crippen molar-refractivity contribution in [1.82, 2.24) is 30.1 Å². The van der Waals surface area contributed by atoms with Crippen molar-refractivity contribution < 1.29 is 4.39 Å². The third-order valence-corrected chi connectivity index (χ3v) is 7.92. The van der Waals surface area contributed by atoms with Crippen molar-refractivity contribution in [3.05, 3.63) is 81.2 Å². The number of rotatable bonds is 5. The Labute approximate surface area is 215 Å². The molecule has 2 aliphatic rings. The van der Waals surface area contributed by atoms with Gasteiger partial charge in [-0.15, -0.1) is 5.10 Å². The quantitative estimate of drug-likeness (QED) is 0.439. The number of anilines is 1. The molecule has 1 saturated heterocycles. The van der Waals surface area contributed by atoms with Crippen LogP contribution in [0.5, 0.6) is 0 Å². The van der Waals surface area contributed by atoms with Crippen LogP contribution < -0.4 is 10.5 Å². The molecule has 9 heteroatoms. The van der Waals surface area contributed by atoms with Gasteiger partial charge in [0.15, 0.2) is 5.82 Å². The number of tetrazole rings is 1. The van der Waals surface area contributed by atoms with Gasteiger partial charge in [0.2, 0.25) is 0 Å². The van der Waals surface area contributed by atoms with E-state index in [2.05, 4.69) is 49.4 Å². The molecule has 0 spiro atoms. The highest BCUT2D eigenvalue weighted by molar-refractivity contribution is 5.83. The number of benzene rings is 2. The number of halogens is 1. The van der Waals surface area contributed by atoms with Crippen LogP contribution >= 0.6 is 0 Å². The molecule has 6 rings (SSSR count). The van der Waals surface area contributed by atoms with Gasteiger partial charge in [0, 0.05) is 31.7 Å². The van der Waals surface area contributed by atoms with E-state index in [0.717, 1.165) is 47.7 Å². The molecule has 4 aromatic rings. The van der Waals surface area contributed by atoms with Crippen LogP contribution in [0.25, 0.3) is 10.9 Å². The summed E-state index contributed by atoms with van der Waals surface area (Å²) in [6.45, 7) is 6.68. The molecule has 37 heavy (non-hydrogen) atoms. The van der Waals surface area contributed by atoms with Crippen LogP contribution in [0.3, 0.4) is 0 Å². The molecule has 2 fully saturated rings. The number of pyridine rings is 1. The standard InChI is InChI=1S/C28H32FN7O/c1-18-15-19(2)25-20(16-18)17-22(28(37)30-25)26(27-31-32-33-36(27)21-7-3-4-8-21)35-13-11-34(12-14-35)24-10-6-5-9-23(24)29/h5-6,9-10,15-17,21,26H,3-4,7-8,11-14H2,1-2H3,(H,30,37)/t26-/m1/s1. The third kappa shape index (κ3) is 4.41. The molecule has 3 heterocycles. The first-order valence-corrected chi connectivity index (χ1v) is 13.1. The summed E-state index contributed by atoms with van der Waals surface area (Å²) >= 11 is 0. The van der Waals surface area contributed by atoms with Crippen LogP contribution in [0.4, 0.5) is 10.1 Å². The van der Waals surface area contributed by atoms with Crippen molar-refractivity contribution in [3.63, 3.8) is 0 Å². The normalized spacial score (nSPS) is 18.1. The van der Waals surface area contributed by atoms with E-state index >= 15 is 0 Å². The van der Waals surface area contributed by atoms with E-state index in [9.17, 15) is 9.18 Å². The maximum atomic E-state index is 14.5. The molecule has 0 radical (unpaired) electrons. The number of H-pyrrole nitrogens is 1. The summed E-state index contributed by atoms with van der Waals surface area (Å²) in [5, 5.41) is 14.0. The maximum absolute atomic E-state index is 14.5. The zero-order chi connectivity index (χ0) is 25.5. The zero-order valence-corrected chi connectivity index (χ0v) is 21.3. The summed E-state index contributed by atoms with van der Waals surface area (Å²) in [5.41, 5.74) is 4.19. The Hall–Kier alpha value is -3.59. The van der Waals surface area contributed by atoms with Crippen molar-refractivity contribution in [2.24, 2.45) is 0 Å². The van der Waals surface area contributed by atoms with Gasteiger partial charge in [-0.05, 0) is 72.3 Å². The van der Waals surface area contributed by atoms with Crippen molar-refractivity contribution in [2.75, 3.05) is 31.1 Å². The van der Waals surface area contributed by atoms with Gasteiger partial charge in [-0.1, -0.05) is 36.6 Å². The minimum absolute atomic E-state index is 0.123. The second-order valence-corrected chi connectivity index (χ2v) is 10.4. The lowest BCUT2D eigenvalue weighted by Gasteiger charge is -2.39. The highest BCUT2D eigenvalue weighted by Gasteiger charge is 2.35. The molecule has 0 unspecified atom stereocenters. The fraction of sp³-hybridized carbons (Fsp3) is 0.429. The Kier molecular flexibility index (Phi) is 6.24. The molecule has 1 aliphatic carbocycles. The Morgan fingerprint density at radius 2 is 1.78 bits per heavy atom. The monoisotopic (exact) mass is 501 g/mol. The molecule has 2 aromatic heterocycles. The van der Waals surface area contributed by atoms with Crippen molar-refractivity contribution in [2.45, 2.75) is 51.6 Å². The lowest BCUT2D eigenvalue weighted by Crippen LogP contribution is -2.49. The Morgan fingerprint density at radius 3 is 2.54 bits per heavy atom. The lowest BCUT2D eigenvalue weighted by molar-refractivity contribution is 0.196. The molecule has 1 aliphatic heterocycles. The predicted octanol–water partition coefficient (Wildman–Crippen LogP) is 4.30. The van der Waals surface area contributed by atoms with Crippen LogP contribution in [0.2, 0.25) is 0 Å². The van der Waals surface area contributed by atoms with Crippen molar-refractivity contribution in [1.29, 1.82) is 0 Å². The smallest absolute Gasteiger partial charge is 0.253 e. The van der Waals surface area contributed by atoms with Crippen LogP contribution in [-0.2, 0) is 0 Å². The van der Waals surface area contributed by atoms with Gasteiger partial charge in [-0.25, -0.2) is 9.07 Å². The molecule has 192 valence electrons. The SMILES string of the molecule is Cc1cc(C)c2[nH]c(=O)c([C@H](c3nnnn3C3CCCC3)N3CCN(c4ccccc4F)CC3)cc2c1. The number of aromatic nitrogens is 5. The number of nitrogens with one attached hydrogen (secondary N) is 1. The molecule has 1 saturated carbocycles. The van der Waals surface area contributed by atoms with Gasteiger partial charge < -0.3 is 9.88 Å². The largest absolute Gasteiger partial charge is 0.367 e. The first kappa shape index (κ1) is 23.8. The first-order chi connectivity index (χ1) is 18.0. The van der Waals surface area contributed by atoms with E-state index in [4.69, 9.17) is 0 Å². The average Bonchev–Trinajstić information content (AvgIpc) is 3.58. The molecule has 2 aromatic carbocycles. The number of fused-ring (bicyclic) bond motifs is 1. The predicted molar refractivity (Wildman–Crippen MR) is 141 cm³/mol. The molecule has 1 N–H and O–H groups in total. The average molecular weight is 502 g/mol. The fourth-order valence-electron chi connectivity index (χ4n) is 6.12. The Balaban J connectivity index is 1.41. The minimum atomic E-state index is -0.396. The number of aromatic amines is 1. The number of hydrogen-bond acceptors (Lipinski definition) is 6. The zero-order valence-electron chi connectivity index (χ0n) is 21.3. The maximum Gasteiger partial charge on any atom is 0.253 e. The fourth-order valence-corrected chi connectivity index (χ4v) is 6.12. The van der Waals surface area contributed by atoms with E-state index in [1.54, 1.807) is 6.07 Å². The van der Waals surface area contributed by atoms with Gasteiger partial charge in [-0.3, -0.25) is 9.69 Å². The van der Waals surface area contributed by atoms with Crippen LogP contribution in [0.15, 0.2) is 47.3 Å². The summed E-state index contributed by atoms with van der Waals surface area (Å²) in [4.78, 5) is 21.1. The third-order valence-electron chi connectivity index (χ3n) is 7.92. The van der Waals surface area contributed by atoms with Gasteiger partial charge in [0.05, 0.1) is 17.2 Å². The second kappa shape index (κ2) is 9.70. The lowest BCUT2D eigenvalue weighted by atomic mass is 10.00. The van der Waals surface area contributed by atoms with Crippen molar-refractivity contribution in [3.8, 4) is 0 Å². The summed E-state index contributed by atoms with van der Waals surface area (Å²) in [6.07, 6.45) is 4.40. The number of para-hydroxylation sites is 1. The Morgan fingerprint density at radius 1 is 1.03 bits per heavy atom. The summed E-state index contributed by atoms with van der Waals surface area (Å²) in [5.74, 6) is 0.495. The molecule has 0 bridgehead atoms. The highest BCUT2D eigenvalue weighted by Crippen LogP contribution is 2.35. The Bertz CT molecular complexity index is 1480. The van der Waals surface area contributed by atoms with E-state index in [0.29, 0.717) is 43.3 Å². The van der Waals surface area contributed by atoms with Crippen molar-refractivity contribution >= 4 is 16.6 Å². The van der Waals surface area contributed by atoms with Gasteiger partial charge in [0.25, 0.3) is 5.56 Å². The van der Waals surface area contributed by atoms with Crippen LogP contribution in [0.1, 0.15) is 60.3 Å². The van der Waals surface area contributed by atoms with Gasteiger partial charge >= 0.3 is 0 Å². The molecule has 0 amide bonds. The molecule has 1 atom stereocenters. The summed E-state index contributed by atoms with van der Waals surface area (Å²) in [6, 6.07) is 12.9. The van der Waals surface area contributed by atoms with E-state index in [-0.39, 0.29) is 17.4 Å². The second-order valence-electron chi connectivity index (χ2n) is 10.4. The van der Waals surface area contributed by atoms with E-state index in [1.165, 1.54) is 6.07 Å². The van der Waals surface area contributed by atoms with Crippen LogP contribution in [0, 0.1) is 19.7 Å². The number of nitrogens with zero attached hydrogens (tertiary/aromatic N) is 6. The number of piperazine rings is 1. The summed E-state index contributed by atoms with van der Waals surface area (Å²) in [7, 11) is 0. The van der Waals surface area contributed by atoms with Crippen LogP contribution in [-0.4, -0.2) is 56.3 Å². The van der Waals surface area contributed by atoms with Gasteiger partial charge in [0.1, 0.15) is 11.9 Å². The number of hydrogen-bond donors (Lipinski definition) is 1.